The van der Waals surface area contributed by atoms with Crippen LogP contribution >= 0.6 is 0 Å². The van der Waals surface area contributed by atoms with E-state index in [1.165, 1.54) is 11.2 Å². The summed E-state index contributed by atoms with van der Waals surface area (Å²) in [4.78, 5) is 28.1. The summed E-state index contributed by atoms with van der Waals surface area (Å²) in [6.45, 7) is 7.56. The fraction of sp³-hybridized carbons (Fsp3) is 0.355. The largest absolute Gasteiger partial charge is 0.507 e. The lowest BCUT2D eigenvalue weighted by Gasteiger charge is -2.25. The lowest BCUT2D eigenvalue weighted by atomic mass is 9.95. The number of Topliss-reactive ketones (excluding diaryl/α,β-unsaturated/α-hetero) is 1. The van der Waals surface area contributed by atoms with Gasteiger partial charge >= 0.3 is 0 Å². The van der Waals surface area contributed by atoms with Gasteiger partial charge in [0.15, 0.2) is 11.5 Å². The highest BCUT2D eigenvalue weighted by atomic mass is 16.5. The molecule has 0 spiro atoms. The molecule has 0 radical (unpaired) electrons. The average Bonchev–Trinajstić information content (AvgIpc) is 3.55. The Labute approximate surface area is 228 Å². The number of likely N-dealkylation sites (tertiary alicyclic amines) is 1. The summed E-state index contributed by atoms with van der Waals surface area (Å²) in [5.74, 6) is 0.515. The predicted octanol–water partition coefficient (Wildman–Crippen LogP) is 6.27. The number of carbonyl (C=O) groups excluding carboxylic acids is 2. The smallest absolute Gasteiger partial charge is 0.296 e. The van der Waals surface area contributed by atoms with Crippen LogP contribution in [0.4, 0.5) is 0 Å². The molecule has 1 atom stereocenters. The second kappa shape index (κ2) is 13.0. The second-order valence-electron chi connectivity index (χ2n) is 9.22. The van der Waals surface area contributed by atoms with Gasteiger partial charge in [-0.25, -0.2) is 0 Å². The van der Waals surface area contributed by atoms with Crippen molar-refractivity contribution in [2.75, 3.05) is 19.8 Å². The number of carbonyl (C=O) groups is 2. The molecule has 1 aliphatic rings. The Morgan fingerprint density at radius 1 is 0.923 bits per heavy atom. The van der Waals surface area contributed by atoms with Crippen LogP contribution in [0.2, 0.25) is 0 Å². The van der Waals surface area contributed by atoms with Gasteiger partial charge in [-0.05, 0) is 73.9 Å². The monoisotopic (exact) mass is 533 g/mol. The van der Waals surface area contributed by atoms with Crippen LogP contribution in [0.25, 0.3) is 5.76 Å². The maximum atomic E-state index is 13.4. The minimum absolute atomic E-state index is 0.00381. The molecule has 1 saturated heterocycles. The molecule has 8 nitrogen and oxygen atoms in total. The highest BCUT2D eigenvalue weighted by molar-refractivity contribution is 6.46. The van der Waals surface area contributed by atoms with Crippen LogP contribution < -0.4 is 14.2 Å². The number of ketones is 1. The van der Waals surface area contributed by atoms with Crippen LogP contribution in [0.5, 0.6) is 17.2 Å². The van der Waals surface area contributed by atoms with Gasteiger partial charge in [0, 0.05) is 5.56 Å². The Morgan fingerprint density at radius 2 is 1.72 bits per heavy atom. The van der Waals surface area contributed by atoms with E-state index in [4.69, 9.17) is 18.6 Å². The molecule has 8 heteroatoms. The highest BCUT2D eigenvalue weighted by Gasteiger charge is 2.46. The molecule has 1 aliphatic heterocycles. The van der Waals surface area contributed by atoms with E-state index >= 15 is 0 Å². The van der Waals surface area contributed by atoms with Gasteiger partial charge in [0.05, 0.1) is 44.2 Å². The number of aliphatic hydroxyl groups excluding tert-OH is 1. The number of unbranched alkanes of at least 4 members (excludes halogenated alkanes) is 1. The quantitative estimate of drug-likeness (QED) is 0.120. The third-order valence-electron chi connectivity index (χ3n) is 6.39. The third-order valence-corrected chi connectivity index (χ3v) is 6.39. The van der Waals surface area contributed by atoms with E-state index in [0.29, 0.717) is 54.0 Å². The first-order valence-corrected chi connectivity index (χ1v) is 13.4. The first-order chi connectivity index (χ1) is 19.0. The van der Waals surface area contributed by atoms with Gasteiger partial charge in [-0.3, -0.25) is 9.59 Å². The Balaban J connectivity index is 1.78. The standard InChI is InChI=1S/C31H35NO7/c1-4-7-17-39-25-15-12-22(19-26(25)36-6-3)28-27(29(33)21-10-13-23(14-11-21)37-16-5-2)30(34)31(35)32(28)20-24-9-8-18-38-24/h8-15,18-19,28,33H,4-7,16-17,20H2,1-3H3. The minimum Gasteiger partial charge on any atom is -0.507 e. The third kappa shape index (κ3) is 6.28. The summed E-state index contributed by atoms with van der Waals surface area (Å²) in [5.41, 5.74) is 1.01. The first-order valence-electron chi connectivity index (χ1n) is 13.4. The maximum absolute atomic E-state index is 13.4. The number of hydrogen-bond donors (Lipinski definition) is 1. The molecular weight excluding hydrogens is 498 g/mol. The average molecular weight is 534 g/mol. The summed E-state index contributed by atoms with van der Waals surface area (Å²) in [6.07, 6.45) is 4.28. The van der Waals surface area contributed by atoms with Gasteiger partial charge in [-0.1, -0.05) is 26.3 Å². The molecule has 39 heavy (non-hydrogen) atoms. The highest BCUT2D eigenvalue weighted by Crippen LogP contribution is 2.43. The van der Waals surface area contributed by atoms with Gasteiger partial charge < -0.3 is 28.6 Å². The van der Waals surface area contributed by atoms with E-state index in [0.717, 1.165) is 19.3 Å². The number of aliphatic hydroxyl groups is 1. The van der Waals surface area contributed by atoms with Gasteiger partial charge in [0.2, 0.25) is 0 Å². The van der Waals surface area contributed by atoms with Crippen LogP contribution in [0.3, 0.4) is 0 Å². The lowest BCUT2D eigenvalue weighted by Crippen LogP contribution is -2.29. The van der Waals surface area contributed by atoms with Crippen LogP contribution in [0.15, 0.2) is 70.9 Å². The topological polar surface area (TPSA) is 98.4 Å². The van der Waals surface area contributed by atoms with Crippen molar-refractivity contribution >= 4 is 17.4 Å². The molecule has 0 bridgehead atoms. The number of furan rings is 1. The van der Waals surface area contributed by atoms with Crippen LogP contribution in [0.1, 0.15) is 63.0 Å². The molecule has 3 aromatic rings. The van der Waals surface area contributed by atoms with Gasteiger partial charge in [0.25, 0.3) is 11.7 Å². The SMILES string of the molecule is CCCCOc1ccc(C2C(=C(O)c3ccc(OCCC)cc3)C(=O)C(=O)N2Cc2ccco2)cc1OCC. The van der Waals surface area contributed by atoms with E-state index in [-0.39, 0.29) is 17.9 Å². The van der Waals surface area contributed by atoms with Gasteiger partial charge in [-0.2, -0.15) is 0 Å². The zero-order valence-corrected chi connectivity index (χ0v) is 22.6. The van der Waals surface area contributed by atoms with Crippen molar-refractivity contribution in [2.45, 2.75) is 52.6 Å². The van der Waals surface area contributed by atoms with E-state index in [2.05, 4.69) is 6.92 Å². The van der Waals surface area contributed by atoms with Crippen LogP contribution in [0, 0.1) is 0 Å². The fourth-order valence-electron chi connectivity index (χ4n) is 4.45. The molecule has 1 fully saturated rings. The van der Waals surface area contributed by atoms with Crippen molar-refractivity contribution in [2.24, 2.45) is 0 Å². The second-order valence-corrected chi connectivity index (χ2v) is 9.22. The lowest BCUT2D eigenvalue weighted by molar-refractivity contribution is -0.140. The summed E-state index contributed by atoms with van der Waals surface area (Å²) >= 11 is 0. The first kappa shape index (κ1) is 27.8. The van der Waals surface area contributed by atoms with E-state index in [1.807, 2.05) is 13.8 Å². The molecule has 1 N–H and O–H groups in total. The fourth-order valence-corrected chi connectivity index (χ4v) is 4.45. The Hall–Kier alpha value is -4.20. The molecule has 2 aromatic carbocycles. The summed E-state index contributed by atoms with van der Waals surface area (Å²) < 4.78 is 22.9. The van der Waals surface area contributed by atoms with Gasteiger partial charge in [-0.15, -0.1) is 0 Å². The number of nitrogens with zero attached hydrogens (tertiary/aromatic N) is 1. The van der Waals surface area contributed by atoms with Crippen molar-refractivity contribution in [1.29, 1.82) is 0 Å². The predicted molar refractivity (Wildman–Crippen MR) is 147 cm³/mol. The van der Waals surface area contributed by atoms with E-state index in [9.17, 15) is 14.7 Å². The number of amides is 1. The summed E-state index contributed by atoms with van der Waals surface area (Å²) in [6, 6.07) is 14.7. The number of rotatable bonds is 13. The summed E-state index contributed by atoms with van der Waals surface area (Å²) in [7, 11) is 0. The van der Waals surface area contributed by atoms with E-state index < -0.39 is 17.7 Å². The molecule has 0 saturated carbocycles. The molecule has 1 aromatic heterocycles. The van der Waals surface area contributed by atoms with Gasteiger partial charge in [0.1, 0.15) is 17.3 Å². The molecule has 1 amide bonds. The molecule has 2 heterocycles. The minimum atomic E-state index is -0.866. The molecule has 206 valence electrons. The Kier molecular flexibility index (Phi) is 9.31. The Bertz CT molecular complexity index is 1290. The normalized spacial score (nSPS) is 16.5. The molecule has 1 unspecified atom stereocenters. The molecule has 4 rings (SSSR count). The zero-order chi connectivity index (χ0) is 27.8. The van der Waals surface area contributed by atoms with E-state index in [1.54, 1.807) is 54.6 Å². The van der Waals surface area contributed by atoms with Crippen molar-refractivity contribution in [3.8, 4) is 17.2 Å². The number of ether oxygens (including phenoxy) is 3. The Morgan fingerprint density at radius 3 is 2.38 bits per heavy atom. The van der Waals surface area contributed by atoms with Crippen molar-refractivity contribution in [3.63, 3.8) is 0 Å². The van der Waals surface area contributed by atoms with Crippen molar-refractivity contribution in [3.05, 3.63) is 83.3 Å². The van der Waals surface area contributed by atoms with Crippen LogP contribution in [-0.4, -0.2) is 41.5 Å². The zero-order valence-electron chi connectivity index (χ0n) is 22.6. The number of benzene rings is 2. The van der Waals surface area contributed by atoms with Crippen molar-refractivity contribution in [1.82, 2.24) is 4.90 Å². The molecule has 0 aliphatic carbocycles. The molecular formula is C31H35NO7. The van der Waals surface area contributed by atoms with Crippen LogP contribution in [-0.2, 0) is 16.1 Å². The summed E-state index contributed by atoms with van der Waals surface area (Å²) in [5, 5.41) is 11.4. The number of hydrogen-bond acceptors (Lipinski definition) is 7. The maximum Gasteiger partial charge on any atom is 0.296 e. The van der Waals surface area contributed by atoms with Crippen molar-refractivity contribution < 1.29 is 33.3 Å².